The van der Waals surface area contributed by atoms with Crippen LogP contribution in [0.1, 0.15) is 42.6 Å². The Labute approximate surface area is 138 Å². The Morgan fingerprint density at radius 2 is 2.00 bits per heavy atom. The zero-order valence-electron chi connectivity index (χ0n) is 14.1. The molecule has 0 bridgehead atoms. The predicted octanol–water partition coefficient (Wildman–Crippen LogP) is 2.41. The lowest BCUT2D eigenvalue weighted by Crippen LogP contribution is -2.27. The van der Waals surface area contributed by atoms with E-state index in [-0.39, 0.29) is 17.9 Å². The van der Waals surface area contributed by atoms with Gasteiger partial charge in [-0.25, -0.2) is 4.79 Å². The summed E-state index contributed by atoms with van der Waals surface area (Å²) < 4.78 is 4.44. The zero-order valence-corrected chi connectivity index (χ0v) is 14.1. The molecule has 0 atom stereocenters. The van der Waals surface area contributed by atoms with Crippen molar-refractivity contribution in [1.29, 1.82) is 0 Å². The molecule has 0 saturated carbocycles. The molecule has 0 fully saturated rings. The second kappa shape index (κ2) is 5.67. The number of carbonyl (C=O) groups excluding carboxylic acids is 1. The molecule has 0 aliphatic carbocycles. The summed E-state index contributed by atoms with van der Waals surface area (Å²) in [5.41, 5.74) is 2.66. The maximum atomic E-state index is 12.6. The smallest absolute Gasteiger partial charge is 0.351 e. The first-order valence-electron chi connectivity index (χ1n) is 7.67. The van der Waals surface area contributed by atoms with Gasteiger partial charge in [-0.05, 0) is 29.2 Å². The predicted molar refractivity (Wildman–Crippen MR) is 89.9 cm³/mol. The summed E-state index contributed by atoms with van der Waals surface area (Å²) in [5, 5.41) is 4.56. The molecule has 1 amide bonds. The molecule has 0 unspecified atom stereocenters. The van der Waals surface area contributed by atoms with Crippen LogP contribution >= 0.6 is 0 Å². The van der Waals surface area contributed by atoms with Crippen LogP contribution in [0.2, 0.25) is 0 Å². The highest BCUT2D eigenvalue weighted by Gasteiger charge is 2.18. The molecule has 126 valence electrons. The molecule has 0 aliphatic rings. The van der Waals surface area contributed by atoms with Crippen molar-refractivity contribution in [3.63, 3.8) is 0 Å². The van der Waals surface area contributed by atoms with Crippen LogP contribution < -0.4 is 5.76 Å². The van der Waals surface area contributed by atoms with Crippen molar-refractivity contribution in [3.05, 3.63) is 51.9 Å². The number of carbonyl (C=O) groups is 1. The number of hydrogen-bond acceptors (Lipinski definition) is 4. The Morgan fingerprint density at radius 1 is 1.25 bits per heavy atom. The van der Waals surface area contributed by atoms with Crippen LogP contribution in [-0.2, 0) is 12.0 Å². The average molecular weight is 328 g/mol. The fourth-order valence-electron chi connectivity index (χ4n) is 2.54. The molecule has 7 nitrogen and oxygen atoms in total. The Hall–Kier alpha value is -2.83. The van der Waals surface area contributed by atoms with Crippen LogP contribution in [0.5, 0.6) is 0 Å². The van der Waals surface area contributed by atoms with Crippen LogP contribution in [-0.4, -0.2) is 33.0 Å². The lowest BCUT2D eigenvalue weighted by atomic mass is 9.86. The first-order chi connectivity index (χ1) is 11.2. The topological polar surface area (TPSA) is 95.0 Å². The number of rotatable bonds is 3. The van der Waals surface area contributed by atoms with Crippen molar-refractivity contribution in [1.82, 2.24) is 20.0 Å². The first-order valence-corrected chi connectivity index (χ1v) is 7.67. The minimum Gasteiger partial charge on any atom is -0.351 e. The standard InChI is InChI=1S/C17H20N4O3/c1-17(2,3)11-5-6-12-10(7-11)8-13(18-12)15(22)21(4)9-14-19-16(23)24-20-14/h5-8,18H,9H2,1-4H3,(H,19,20,23). The van der Waals surface area contributed by atoms with Crippen molar-refractivity contribution >= 4 is 16.8 Å². The Bertz CT molecular complexity index is 943. The fraction of sp³-hybridized carbons (Fsp3) is 0.353. The van der Waals surface area contributed by atoms with Gasteiger partial charge in [0.1, 0.15) is 5.69 Å². The van der Waals surface area contributed by atoms with Gasteiger partial charge in [-0.3, -0.25) is 14.3 Å². The summed E-state index contributed by atoms with van der Waals surface area (Å²) >= 11 is 0. The highest BCUT2D eigenvalue weighted by molar-refractivity contribution is 5.98. The maximum absolute atomic E-state index is 12.6. The monoisotopic (exact) mass is 328 g/mol. The van der Waals surface area contributed by atoms with Gasteiger partial charge in [0, 0.05) is 18.0 Å². The van der Waals surface area contributed by atoms with Gasteiger partial charge in [0.05, 0.1) is 6.54 Å². The van der Waals surface area contributed by atoms with E-state index in [0.717, 1.165) is 10.9 Å². The molecule has 0 aliphatic heterocycles. The quantitative estimate of drug-likeness (QED) is 0.772. The molecular formula is C17H20N4O3. The number of aromatic amines is 2. The molecule has 0 saturated heterocycles. The van der Waals surface area contributed by atoms with Gasteiger partial charge in [0.25, 0.3) is 5.91 Å². The highest BCUT2D eigenvalue weighted by Crippen LogP contribution is 2.26. The number of nitrogens with zero attached hydrogens (tertiary/aromatic N) is 2. The third kappa shape index (κ3) is 3.10. The summed E-state index contributed by atoms with van der Waals surface area (Å²) in [5.74, 6) is -0.513. The lowest BCUT2D eigenvalue weighted by Gasteiger charge is -2.18. The van der Waals surface area contributed by atoms with Crippen LogP contribution in [0, 0.1) is 0 Å². The van der Waals surface area contributed by atoms with Crippen molar-refractivity contribution in [2.24, 2.45) is 0 Å². The Kier molecular flexibility index (Phi) is 3.79. The highest BCUT2D eigenvalue weighted by atomic mass is 16.5. The van der Waals surface area contributed by atoms with Gasteiger partial charge in [-0.2, -0.15) is 0 Å². The third-order valence-electron chi connectivity index (χ3n) is 3.94. The van der Waals surface area contributed by atoms with Crippen molar-refractivity contribution in [3.8, 4) is 0 Å². The van der Waals surface area contributed by atoms with Crippen molar-refractivity contribution in [2.75, 3.05) is 7.05 Å². The summed E-state index contributed by atoms with van der Waals surface area (Å²) in [4.78, 5) is 30.5. The molecule has 0 radical (unpaired) electrons. The van der Waals surface area contributed by atoms with Gasteiger partial charge >= 0.3 is 5.76 Å². The molecule has 0 spiro atoms. The molecule has 2 aromatic heterocycles. The largest absolute Gasteiger partial charge is 0.438 e. The van der Waals surface area contributed by atoms with E-state index >= 15 is 0 Å². The SMILES string of the molecule is CN(Cc1noc(=O)[nH]1)C(=O)c1cc2cc(C(C)(C)C)ccc2[nH]1. The lowest BCUT2D eigenvalue weighted by molar-refractivity contribution is 0.0776. The molecule has 7 heteroatoms. The molecular weight excluding hydrogens is 308 g/mol. The molecule has 2 N–H and O–H groups in total. The summed E-state index contributed by atoms with van der Waals surface area (Å²) in [6.07, 6.45) is 0. The number of fused-ring (bicyclic) bond motifs is 1. The van der Waals surface area contributed by atoms with E-state index in [4.69, 9.17) is 0 Å². The van der Waals surface area contributed by atoms with Crippen LogP contribution in [0.4, 0.5) is 0 Å². The Morgan fingerprint density at radius 3 is 2.62 bits per heavy atom. The van der Waals surface area contributed by atoms with E-state index in [9.17, 15) is 9.59 Å². The number of benzene rings is 1. The number of aromatic nitrogens is 3. The minimum atomic E-state index is -0.633. The number of amides is 1. The maximum Gasteiger partial charge on any atom is 0.438 e. The van der Waals surface area contributed by atoms with E-state index in [1.807, 2.05) is 12.1 Å². The van der Waals surface area contributed by atoms with Gasteiger partial charge in [-0.1, -0.05) is 32.0 Å². The number of hydrogen-bond donors (Lipinski definition) is 2. The van der Waals surface area contributed by atoms with Crippen molar-refractivity contribution in [2.45, 2.75) is 32.7 Å². The Balaban J connectivity index is 1.85. The van der Waals surface area contributed by atoms with Gasteiger partial charge in [-0.15, -0.1) is 0 Å². The van der Waals surface area contributed by atoms with Crippen LogP contribution in [0.3, 0.4) is 0 Å². The molecule has 2 heterocycles. The molecule has 3 aromatic rings. The normalized spacial score (nSPS) is 11.8. The fourth-order valence-corrected chi connectivity index (χ4v) is 2.54. The summed E-state index contributed by atoms with van der Waals surface area (Å²) in [6, 6.07) is 7.99. The van der Waals surface area contributed by atoms with Gasteiger partial charge < -0.3 is 9.88 Å². The second-order valence-corrected chi connectivity index (χ2v) is 6.94. The summed E-state index contributed by atoms with van der Waals surface area (Å²) in [7, 11) is 1.64. The number of nitrogens with one attached hydrogen (secondary N) is 2. The van der Waals surface area contributed by atoms with Crippen molar-refractivity contribution < 1.29 is 9.32 Å². The first kappa shape index (κ1) is 16.0. The van der Waals surface area contributed by atoms with Gasteiger partial charge in [0.15, 0.2) is 5.82 Å². The van der Waals surface area contributed by atoms with Crippen LogP contribution in [0.15, 0.2) is 33.6 Å². The van der Waals surface area contributed by atoms with E-state index in [2.05, 4.69) is 52.6 Å². The zero-order chi connectivity index (χ0) is 17.5. The molecule has 1 aromatic carbocycles. The molecule has 24 heavy (non-hydrogen) atoms. The second-order valence-electron chi connectivity index (χ2n) is 6.94. The van der Waals surface area contributed by atoms with E-state index in [1.54, 1.807) is 7.05 Å². The van der Waals surface area contributed by atoms with E-state index < -0.39 is 5.76 Å². The number of H-pyrrole nitrogens is 2. The minimum absolute atomic E-state index is 0.0469. The van der Waals surface area contributed by atoms with Crippen LogP contribution in [0.25, 0.3) is 10.9 Å². The van der Waals surface area contributed by atoms with E-state index in [1.165, 1.54) is 10.5 Å². The van der Waals surface area contributed by atoms with E-state index in [0.29, 0.717) is 11.5 Å². The average Bonchev–Trinajstić information content (AvgIpc) is 3.10. The summed E-state index contributed by atoms with van der Waals surface area (Å²) in [6.45, 7) is 6.62. The third-order valence-corrected chi connectivity index (χ3v) is 3.94. The molecule has 3 rings (SSSR count). The van der Waals surface area contributed by atoms with Gasteiger partial charge in [0.2, 0.25) is 0 Å².